The minimum atomic E-state index is -0.911. The standard InChI is InChI=1S/C24H14Cl3FN2O4/c1-32-22-16(26)7-11(8-17(22)27)24(31)33-12-5-6-13-19(9-12)34-23(30)14(10-29)20(13)21-15(25)3-2-4-18(21)28/h2-9,20H,30H2,1H3. The average Bonchev–Trinajstić information content (AvgIpc) is 2.78. The number of carbonyl (C=O) groups excluding carboxylic acids is 1. The smallest absolute Gasteiger partial charge is 0.343 e. The molecule has 0 spiro atoms. The summed E-state index contributed by atoms with van der Waals surface area (Å²) >= 11 is 18.5. The zero-order chi connectivity index (χ0) is 24.6. The van der Waals surface area contributed by atoms with Crippen molar-refractivity contribution in [1.29, 1.82) is 5.26 Å². The number of hydrogen-bond donors (Lipinski definition) is 1. The summed E-state index contributed by atoms with van der Waals surface area (Å²) in [6.07, 6.45) is 0. The number of carbonyl (C=O) groups is 1. The predicted octanol–water partition coefficient (Wildman–Crippen LogP) is 6.23. The summed E-state index contributed by atoms with van der Waals surface area (Å²) in [5.41, 5.74) is 6.56. The molecule has 0 amide bonds. The van der Waals surface area contributed by atoms with E-state index in [2.05, 4.69) is 0 Å². The zero-order valence-electron chi connectivity index (χ0n) is 17.4. The Bertz CT molecular complexity index is 1360. The summed E-state index contributed by atoms with van der Waals surface area (Å²) < 4.78 is 30.8. The second-order valence-corrected chi connectivity index (χ2v) is 8.34. The highest BCUT2D eigenvalue weighted by Gasteiger charge is 2.34. The maximum absolute atomic E-state index is 14.7. The Kier molecular flexibility index (Phi) is 6.58. The SMILES string of the molecule is COc1c(Cl)cc(C(=O)Oc2ccc3c(c2)OC(N)=C(C#N)C3c2c(F)cccc2Cl)cc1Cl. The average molecular weight is 520 g/mol. The van der Waals surface area contributed by atoms with Gasteiger partial charge in [-0.25, -0.2) is 9.18 Å². The number of rotatable bonds is 4. The molecule has 10 heteroatoms. The normalized spacial score (nSPS) is 14.6. The van der Waals surface area contributed by atoms with Gasteiger partial charge in [-0.1, -0.05) is 46.9 Å². The number of halogens is 4. The molecule has 6 nitrogen and oxygen atoms in total. The van der Waals surface area contributed by atoms with Gasteiger partial charge in [0.05, 0.1) is 28.6 Å². The molecule has 1 heterocycles. The number of allylic oxidation sites excluding steroid dienone is 1. The van der Waals surface area contributed by atoms with Crippen LogP contribution in [0.5, 0.6) is 17.2 Å². The van der Waals surface area contributed by atoms with E-state index in [9.17, 15) is 14.4 Å². The molecule has 172 valence electrons. The maximum Gasteiger partial charge on any atom is 0.343 e. The molecule has 1 unspecified atom stereocenters. The molecule has 0 saturated carbocycles. The molecule has 0 fully saturated rings. The Labute approximate surface area is 208 Å². The molecule has 1 aliphatic heterocycles. The fraction of sp³-hybridized carbons (Fsp3) is 0.0833. The molecule has 0 saturated heterocycles. The minimum Gasteiger partial charge on any atom is -0.494 e. The molecule has 0 bridgehead atoms. The maximum atomic E-state index is 14.7. The van der Waals surface area contributed by atoms with Crippen molar-refractivity contribution in [3.63, 3.8) is 0 Å². The van der Waals surface area contributed by atoms with E-state index in [-0.39, 0.29) is 54.9 Å². The van der Waals surface area contributed by atoms with Crippen molar-refractivity contribution in [3.8, 4) is 23.3 Å². The summed E-state index contributed by atoms with van der Waals surface area (Å²) in [5.74, 6) is -1.94. The summed E-state index contributed by atoms with van der Waals surface area (Å²) in [6.45, 7) is 0. The third kappa shape index (κ3) is 4.24. The topological polar surface area (TPSA) is 94.6 Å². The number of esters is 1. The first-order chi connectivity index (χ1) is 16.2. The zero-order valence-corrected chi connectivity index (χ0v) is 19.6. The van der Waals surface area contributed by atoms with E-state index >= 15 is 0 Å². The van der Waals surface area contributed by atoms with E-state index in [1.54, 1.807) is 6.07 Å². The quantitative estimate of drug-likeness (QED) is 0.324. The fourth-order valence-electron chi connectivity index (χ4n) is 3.62. The van der Waals surface area contributed by atoms with Gasteiger partial charge in [0, 0.05) is 22.2 Å². The van der Waals surface area contributed by atoms with Gasteiger partial charge in [0.25, 0.3) is 0 Å². The molecule has 2 N–H and O–H groups in total. The van der Waals surface area contributed by atoms with Gasteiger partial charge in [-0.15, -0.1) is 0 Å². The van der Waals surface area contributed by atoms with Crippen LogP contribution in [0.15, 0.2) is 60.0 Å². The van der Waals surface area contributed by atoms with Gasteiger partial charge in [0.1, 0.15) is 29.0 Å². The highest BCUT2D eigenvalue weighted by Crippen LogP contribution is 2.46. The van der Waals surface area contributed by atoms with Gasteiger partial charge >= 0.3 is 5.97 Å². The van der Waals surface area contributed by atoms with Crippen molar-refractivity contribution in [2.45, 2.75) is 5.92 Å². The third-order valence-electron chi connectivity index (χ3n) is 5.13. The predicted molar refractivity (Wildman–Crippen MR) is 125 cm³/mol. The van der Waals surface area contributed by atoms with Crippen LogP contribution in [0.1, 0.15) is 27.4 Å². The Morgan fingerprint density at radius 2 is 1.82 bits per heavy atom. The summed E-state index contributed by atoms with van der Waals surface area (Å²) in [7, 11) is 1.40. The van der Waals surface area contributed by atoms with Crippen LogP contribution in [0, 0.1) is 17.1 Å². The van der Waals surface area contributed by atoms with Crippen molar-refractivity contribution in [3.05, 3.63) is 97.6 Å². The van der Waals surface area contributed by atoms with Crippen LogP contribution < -0.4 is 19.9 Å². The van der Waals surface area contributed by atoms with Crippen LogP contribution in [-0.2, 0) is 0 Å². The van der Waals surface area contributed by atoms with Gasteiger partial charge in [-0.2, -0.15) is 5.26 Å². The first-order valence-corrected chi connectivity index (χ1v) is 10.8. The largest absolute Gasteiger partial charge is 0.494 e. The minimum absolute atomic E-state index is 0.00626. The van der Waals surface area contributed by atoms with Crippen LogP contribution in [0.3, 0.4) is 0 Å². The molecule has 34 heavy (non-hydrogen) atoms. The monoisotopic (exact) mass is 518 g/mol. The van der Waals surface area contributed by atoms with E-state index in [1.807, 2.05) is 6.07 Å². The summed E-state index contributed by atoms with van der Waals surface area (Å²) in [6, 6.07) is 13.3. The number of ether oxygens (including phenoxy) is 3. The van der Waals surface area contributed by atoms with Gasteiger partial charge in [-0.05, 0) is 30.3 Å². The number of methoxy groups -OCH3 is 1. The van der Waals surface area contributed by atoms with Crippen LogP contribution in [0.2, 0.25) is 15.1 Å². The van der Waals surface area contributed by atoms with Crippen molar-refractivity contribution in [1.82, 2.24) is 0 Å². The lowest BCUT2D eigenvalue weighted by molar-refractivity contribution is 0.0734. The second kappa shape index (κ2) is 9.43. The lowest BCUT2D eigenvalue weighted by Crippen LogP contribution is -2.22. The Balaban J connectivity index is 1.71. The molecule has 0 aliphatic carbocycles. The highest BCUT2D eigenvalue weighted by atomic mass is 35.5. The van der Waals surface area contributed by atoms with E-state index in [4.69, 9.17) is 54.7 Å². The molecule has 1 atom stereocenters. The highest BCUT2D eigenvalue weighted by molar-refractivity contribution is 6.37. The lowest BCUT2D eigenvalue weighted by Gasteiger charge is -2.27. The number of benzene rings is 3. The van der Waals surface area contributed by atoms with Crippen molar-refractivity contribution < 1.29 is 23.4 Å². The number of hydrogen-bond acceptors (Lipinski definition) is 6. The molecular formula is C24H14Cl3FN2O4. The molecule has 3 aromatic rings. The van der Waals surface area contributed by atoms with Crippen molar-refractivity contribution >= 4 is 40.8 Å². The molecule has 3 aromatic carbocycles. The van der Waals surface area contributed by atoms with E-state index in [0.717, 1.165) is 0 Å². The lowest BCUT2D eigenvalue weighted by atomic mass is 9.83. The van der Waals surface area contributed by atoms with Gasteiger partial charge < -0.3 is 19.9 Å². The second-order valence-electron chi connectivity index (χ2n) is 7.12. The molecule has 0 radical (unpaired) electrons. The van der Waals surface area contributed by atoms with Crippen LogP contribution in [0.4, 0.5) is 4.39 Å². The molecule has 0 aromatic heterocycles. The van der Waals surface area contributed by atoms with Gasteiger partial charge in [0.15, 0.2) is 5.75 Å². The summed E-state index contributed by atoms with van der Waals surface area (Å²) in [4.78, 5) is 12.7. The van der Waals surface area contributed by atoms with Gasteiger partial charge in [0.2, 0.25) is 5.88 Å². The van der Waals surface area contributed by atoms with Crippen LogP contribution >= 0.6 is 34.8 Å². The Morgan fingerprint density at radius 3 is 2.44 bits per heavy atom. The summed E-state index contributed by atoms with van der Waals surface area (Å²) in [5, 5.41) is 10.1. The van der Waals surface area contributed by atoms with Crippen molar-refractivity contribution in [2.24, 2.45) is 5.73 Å². The molecule has 1 aliphatic rings. The van der Waals surface area contributed by atoms with Crippen molar-refractivity contribution in [2.75, 3.05) is 7.11 Å². The van der Waals surface area contributed by atoms with Crippen LogP contribution in [0.25, 0.3) is 0 Å². The first-order valence-electron chi connectivity index (χ1n) is 9.65. The number of fused-ring (bicyclic) bond motifs is 1. The van der Waals surface area contributed by atoms with Gasteiger partial charge in [-0.3, -0.25) is 0 Å². The number of nitrogens with zero attached hydrogens (tertiary/aromatic N) is 1. The Hall–Kier alpha value is -3.44. The fourth-order valence-corrected chi connectivity index (χ4v) is 4.53. The molecular weight excluding hydrogens is 506 g/mol. The van der Waals surface area contributed by atoms with E-state index in [0.29, 0.717) is 5.56 Å². The number of nitriles is 1. The number of nitrogens with two attached hydrogens (primary N) is 1. The van der Waals surface area contributed by atoms with Crippen LogP contribution in [-0.4, -0.2) is 13.1 Å². The van der Waals surface area contributed by atoms with E-state index in [1.165, 1.54) is 49.6 Å². The molecule has 4 rings (SSSR count). The Morgan fingerprint density at radius 1 is 1.12 bits per heavy atom. The van der Waals surface area contributed by atoms with E-state index < -0.39 is 17.7 Å². The third-order valence-corrected chi connectivity index (χ3v) is 6.02. The first kappa shape index (κ1) is 23.7.